The van der Waals surface area contributed by atoms with Crippen LogP contribution in [0, 0.1) is 0 Å². The predicted molar refractivity (Wildman–Crippen MR) is 68.8 cm³/mol. The van der Waals surface area contributed by atoms with Gasteiger partial charge in [-0.15, -0.1) is 0 Å². The Balaban J connectivity index is 2.44. The molecule has 2 rings (SSSR count). The first-order chi connectivity index (χ1) is 9.19. The average molecular weight is 261 g/mol. The van der Waals surface area contributed by atoms with Gasteiger partial charge in [-0.1, -0.05) is 35.5 Å². The van der Waals surface area contributed by atoms with Gasteiger partial charge in [0.15, 0.2) is 0 Å². The van der Waals surface area contributed by atoms with Crippen molar-refractivity contribution >= 4 is 11.9 Å². The first-order valence-corrected chi connectivity index (χ1v) is 6.01. The fourth-order valence-corrected chi connectivity index (χ4v) is 2.10. The number of allylic oxidation sites excluding steroid dienone is 1. The van der Waals surface area contributed by atoms with E-state index in [-0.39, 0.29) is 12.5 Å². The van der Waals surface area contributed by atoms with E-state index in [1.807, 2.05) is 30.3 Å². The van der Waals surface area contributed by atoms with Crippen LogP contribution in [-0.4, -0.2) is 23.7 Å². The zero-order valence-corrected chi connectivity index (χ0v) is 10.8. The topological polar surface area (TPSA) is 68.1 Å². The molecule has 1 N–H and O–H groups in total. The SMILES string of the molecule is CCOC(=O)C1=C(C)O/C(=N\O)C1c1ccccc1. The molecule has 0 aromatic heterocycles. The summed E-state index contributed by atoms with van der Waals surface area (Å²) >= 11 is 0. The number of hydrogen-bond donors (Lipinski definition) is 1. The highest BCUT2D eigenvalue weighted by Gasteiger charge is 2.38. The molecule has 0 saturated heterocycles. The standard InChI is InChI=1S/C14H15NO4/c1-3-18-14(16)11-9(2)19-13(15-17)12(11)10-7-5-4-6-8-10/h4-8,12,17H,3H2,1-2H3/b15-13-. The minimum Gasteiger partial charge on any atom is -0.463 e. The smallest absolute Gasteiger partial charge is 0.338 e. The normalized spacial score (nSPS) is 20.5. The van der Waals surface area contributed by atoms with Crippen LogP contribution in [-0.2, 0) is 14.3 Å². The van der Waals surface area contributed by atoms with Gasteiger partial charge in [0.1, 0.15) is 5.76 Å². The van der Waals surface area contributed by atoms with E-state index in [0.717, 1.165) is 5.56 Å². The van der Waals surface area contributed by atoms with Crippen LogP contribution < -0.4 is 0 Å². The van der Waals surface area contributed by atoms with E-state index >= 15 is 0 Å². The van der Waals surface area contributed by atoms with Crippen LogP contribution in [0.25, 0.3) is 0 Å². The molecular weight excluding hydrogens is 246 g/mol. The molecule has 0 radical (unpaired) electrons. The predicted octanol–water partition coefficient (Wildman–Crippen LogP) is 2.43. The maximum Gasteiger partial charge on any atom is 0.338 e. The van der Waals surface area contributed by atoms with Gasteiger partial charge in [-0.25, -0.2) is 4.79 Å². The van der Waals surface area contributed by atoms with Gasteiger partial charge in [0.2, 0.25) is 5.90 Å². The van der Waals surface area contributed by atoms with E-state index in [1.54, 1.807) is 13.8 Å². The number of carbonyl (C=O) groups excluding carboxylic acids is 1. The monoisotopic (exact) mass is 261 g/mol. The largest absolute Gasteiger partial charge is 0.463 e. The molecule has 5 heteroatoms. The maximum atomic E-state index is 12.0. The number of hydrogen-bond acceptors (Lipinski definition) is 5. The molecule has 0 saturated carbocycles. The van der Waals surface area contributed by atoms with Crippen molar-refractivity contribution in [1.82, 2.24) is 0 Å². The highest BCUT2D eigenvalue weighted by molar-refractivity contribution is 6.03. The van der Waals surface area contributed by atoms with Crippen LogP contribution >= 0.6 is 0 Å². The van der Waals surface area contributed by atoms with Crippen molar-refractivity contribution in [3.05, 3.63) is 47.2 Å². The number of rotatable bonds is 3. The molecule has 100 valence electrons. The van der Waals surface area contributed by atoms with Crippen molar-refractivity contribution < 1.29 is 19.5 Å². The number of esters is 1. The number of benzene rings is 1. The number of oxime groups is 1. The third kappa shape index (κ3) is 2.45. The molecule has 0 amide bonds. The van der Waals surface area contributed by atoms with Crippen molar-refractivity contribution in [3.8, 4) is 0 Å². The Morgan fingerprint density at radius 3 is 2.68 bits per heavy atom. The third-order valence-electron chi connectivity index (χ3n) is 2.90. The summed E-state index contributed by atoms with van der Waals surface area (Å²) in [7, 11) is 0. The van der Waals surface area contributed by atoms with Crippen LogP contribution in [0.15, 0.2) is 46.8 Å². The van der Waals surface area contributed by atoms with E-state index < -0.39 is 11.9 Å². The number of nitrogens with zero attached hydrogens (tertiary/aromatic N) is 1. The lowest BCUT2D eigenvalue weighted by molar-refractivity contribution is -0.138. The van der Waals surface area contributed by atoms with Gasteiger partial charge in [0, 0.05) is 0 Å². The van der Waals surface area contributed by atoms with Crippen molar-refractivity contribution in [2.24, 2.45) is 5.16 Å². The molecule has 1 aliphatic rings. The second-order valence-corrected chi connectivity index (χ2v) is 4.07. The molecule has 1 aromatic carbocycles. The number of carbonyl (C=O) groups is 1. The average Bonchev–Trinajstić information content (AvgIpc) is 2.77. The highest BCUT2D eigenvalue weighted by Crippen LogP contribution is 2.36. The zero-order valence-electron chi connectivity index (χ0n) is 10.8. The molecule has 5 nitrogen and oxygen atoms in total. The van der Waals surface area contributed by atoms with Crippen molar-refractivity contribution in [2.45, 2.75) is 19.8 Å². The minimum absolute atomic E-state index is 0.0896. The summed E-state index contributed by atoms with van der Waals surface area (Å²) in [6, 6.07) is 9.26. The van der Waals surface area contributed by atoms with Crippen molar-refractivity contribution in [1.29, 1.82) is 0 Å². The van der Waals surface area contributed by atoms with E-state index in [0.29, 0.717) is 11.3 Å². The van der Waals surface area contributed by atoms with Gasteiger partial charge in [-0.2, -0.15) is 0 Å². The summed E-state index contributed by atoms with van der Waals surface area (Å²) < 4.78 is 10.4. The molecule has 19 heavy (non-hydrogen) atoms. The van der Waals surface area contributed by atoms with Crippen LogP contribution in [0.3, 0.4) is 0 Å². The lowest BCUT2D eigenvalue weighted by Crippen LogP contribution is -2.17. The van der Waals surface area contributed by atoms with Gasteiger partial charge in [-0.05, 0) is 19.4 Å². The molecule has 0 bridgehead atoms. The number of ether oxygens (including phenoxy) is 2. The van der Waals surface area contributed by atoms with Gasteiger partial charge >= 0.3 is 5.97 Å². The molecule has 1 aromatic rings. The second-order valence-electron chi connectivity index (χ2n) is 4.07. The summed E-state index contributed by atoms with van der Waals surface area (Å²) in [4.78, 5) is 12.0. The Morgan fingerprint density at radius 1 is 1.42 bits per heavy atom. The Morgan fingerprint density at radius 2 is 2.11 bits per heavy atom. The fourth-order valence-electron chi connectivity index (χ4n) is 2.10. The van der Waals surface area contributed by atoms with Crippen LogP contribution in [0.2, 0.25) is 0 Å². The maximum absolute atomic E-state index is 12.0. The van der Waals surface area contributed by atoms with Crippen LogP contribution in [0.1, 0.15) is 25.3 Å². The molecule has 0 aliphatic carbocycles. The molecular formula is C14H15NO4. The molecule has 1 aliphatic heterocycles. The van der Waals surface area contributed by atoms with Crippen molar-refractivity contribution in [2.75, 3.05) is 6.61 Å². The Bertz CT molecular complexity index is 534. The van der Waals surface area contributed by atoms with Gasteiger partial charge in [0.05, 0.1) is 18.1 Å². The lowest BCUT2D eigenvalue weighted by atomic mass is 9.92. The van der Waals surface area contributed by atoms with E-state index in [4.69, 9.17) is 14.7 Å². The third-order valence-corrected chi connectivity index (χ3v) is 2.90. The Kier molecular flexibility index (Phi) is 3.85. The highest BCUT2D eigenvalue weighted by atomic mass is 16.5. The molecule has 1 atom stereocenters. The Hall–Kier alpha value is -2.30. The zero-order chi connectivity index (χ0) is 13.8. The molecule has 1 heterocycles. The second kappa shape index (κ2) is 5.56. The van der Waals surface area contributed by atoms with E-state index in [2.05, 4.69) is 5.16 Å². The first-order valence-electron chi connectivity index (χ1n) is 6.01. The first kappa shape index (κ1) is 13.1. The summed E-state index contributed by atoms with van der Waals surface area (Å²) in [5.74, 6) is -0.482. The van der Waals surface area contributed by atoms with Crippen LogP contribution in [0.4, 0.5) is 0 Å². The Labute approximate surface area is 111 Å². The van der Waals surface area contributed by atoms with Gasteiger partial charge < -0.3 is 14.7 Å². The summed E-state index contributed by atoms with van der Waals surface area (Å²) in [6.07, 6.45) is 0. The minimum atomic E-state index is -0.523. The summed E-state index contributed by atoms with van der Waals surface area (Å²) in [5, 5.41) is 12.2. The van der Waals surface area contributed by atoms with Gasteiger partial charge in [0.25, 0.3) is 0 Å². The summed E-state index contributed by atoms with van der Waals surface area (Å²) in [5.41, 5.74) is 1.19. The van der Waals surface area contributed by atoms with E-state index in [1.165, 1.54) is 0 Å². The van der Waals surface area contributed by atoms with Crippen molar-refractivity contribution in [3.63, 3.8) is 0 Å². The van der Waals surface area contributed by atoms with E-state index in [9.17, 15) is 4.79 Å². The molecule has 0 fully saturated rings. The lowest BCUT2D eigenvalue weighted by Gasteiger charge is -2.12. The molecule has 1 unspecified atom stereocenters. The van der Waals surface area contributed by atoms with Crippen LogP contribution in [0.5, 0.6) is 0 Å². The molecule has 0 spiro atoms. The fraction of sp³-hybridized carbons (Fsp3) is 0.286. The quantitative estimate of drug-likeness (QED) is 0.515. The summed E-state index contributed by atoms with van der Waals surface area (Å²) in [6.45, 7) is 3.67. The van der Waals surface area contributed by atoms with Gasteiger partial charge in [-0.3, -0.25) is 0 Å².